The molecule has 1 atom stereocenters. The molecule has 9 heteroatoms. The number of nitro groups is 1. The number of ether oxygens (including phenoxy) is 1. The van der Waals surface area contributed by atoms with Crippen LogP contribution in [0.5, 0.6) is 5.75 Å². The quantitative estimate of drug-likeness (QED) is 0.350. The molecule has 0 aliphatic carbocycles. The van der Waals surface area contributed by atoms with Crippen LogP contribution in [0.15, 0.2) is 28.2 Å². The third-order valence-corrected chi connectivity index (χ3v) is 3.70. The zero-order valence-electron chi connectivity index (χ0n) is 13.0. The number of halogens is 1. The predicted octanol–water partition coefficient (Wildman–Crippen LogP) is 2.97. The second-order valence-electron chi connectivity index (χ2n) is 5.19. The molecule has 8 nitrogen and oxygen atoms in total. The summed E-state index contributed by atoms with van der Waals surface area (Å²) < 4.78 is 5.08. The highest BCUT2D eigenvalue weighted by Gasteiger charge is 2.26. The van der Waals surface area contributed by atoms with E-state index in [1.807, 2.05) is 0 Å². The van der Waals surface area contributed by atoms with Gasteiger partial charge in [0, 0.05) is 24.3 Å². The maximum Gasteiger partial charge on any atom is 0.311 e. The number of hydrogen-bond acceptors (Lipinski definition) is 6. The molecule has 126 valence electrons. The molecule has 1 amide bonds. The Morgan fingerprint density at radius 2 is 2.08 bits per heavy atom. The Morgan fingerprint density at radius 3 is 2.67 bits per heavy atom. The molecule has 1 aliphatic heterocycles. The molecule has 1 aliphatic rings. The highest BCUT2D eigenvalue weighted by Crippen LogP contribution is 2.28. The lowest BCUT2D eigenvalue weighted by Crippen LogP contribution is -2.27. The molecule has 1 aromatic rings. The zero-order chi connectivity index (χ0) is 17.9. The first-order valence-electron chi connectivity index (χ1n) is 7.07. The first kappa shape index (κ1) is 17.7. The number of esters is 1. The van der Waals surface area contributed by atoms with Crippen LogP contribution in [0.4, 0.5) is 5.69 Å². The smallest absolute Gasteiger partial charge is 0.311 e. The van der Waals surface area contributed by atoms with Crippen LogP contribution < -0.4 is 4.74 Å². The number of benzene rings is 1. The summed E-state index contributed by atoms with van der Waals surface area (Å²) in [6.07, 6.45) is 0.205. The maximum atomic E-state index is 11.9. The van der Waals surface area contributed by atoms with Crippen molar-refractivity contribution in [3.63, 3.8) is 0 Å². The molecule has 0 radical (unpaired) electrons. The number of amides is 1. The molecule has 1 unspecified atom stereocenters. The van der Waals surface area contributed by atoms with Crippen molar-refractivity contribution >= 4 is 40.7 Å². The average molecular weight is 352 g/mol. The standard InChI is InChI=1S/C15H14ClN3O5/c1-8-11(15(21)18-9(2)17-8)4-6-14(20)24-10-3-5-13(19(22)23)12(16)7-10/h3,5,7,11H,4,6H2,1-2H3. The van der Waals surface area contributed by atoms with Gasteiger partial charge in [0.05, 0.1) is 10.8 Å². The second kappa shape index (κ2) is 7.31. The van der Waals surface area contributed by atoms with E-state index in [4.69, 9.17) is 16.3 Å². The van der Waals surface area contributed by atoms with Crippen LogP contribution in [0.1, 0.15) is 26.7 Å². The minimum absolute atomic E-state index is 0.0214. The van der Waals surface area contributed by atoms with Crippen LogP contribution in [-0.2, 0) is 9.59 Å². The molecule has 2 rings (SSSR count). The summed E-state index contributed by atoms with van der Waals surface area (Å²) in [6.45, 7) is 3.34. The largest absolute Gasteiger partial charge is 0.426 e. The van der Waals surface area contributed by atoms with Crippen LogP contribution in [0.25, 0.3) is 0 Å². The van der Waals surface area contributed by atoms with Crippen LogP contribution in [0.3, 0.4) is 0 Å². The van der Waals surface area contributed by atoms with Gasteiger partial charge in [0.25, 0.3) is 11.6 Å². The fraction of sp³-hybridized carbons (Fsp3) is 0.333. The summed E-state index contributed by atoms with van der Waals surface area (Å²) in [5.74, 6) is -0.943. The number of aliphatic imine (C=N–C) groups is 2. The van der Waals surface area contributed by atoms with E-state index in [0.29, 0.717) is 11.5 Å². The number of nitro benzene ring substituents is 1. The zero-order valence-corrected chi connectivity index (χ0v) is 13.7. The van der Waals surface area contributed by atoms with Gasteiger partial charge < -0.3 is 4.74 Å². The van der Waals surface area contributed by atoms with E-state index >= 15 is 0 Å². The fourth-order valence-electron chi connectivity index (χ4n) is 2.25. The Bertz CT molecular complexity index is 772. The van der Waals surface area contributed by atoms with Crippen LogP contribution in [0, 0.1) is 16.0 Å². The van der Waals surface area contributed by atoms with Crippen molar-refractivity contribution in [2.45, 2.75) is 26.7 Å². The third kappa shape index (κ3) is 4.23. The number of carbonyl (C=O) groups is 2. The van der Waals surface area contributed by atoms with Crippen molar-refractivity contribution in [1.82, 2.24) is 0 Å². The molecular formula is C15H14ClN3O5. The predicted molar refractivity (Wildman–Crippen MR) is 87.7 cm³/mol. The molecule has 0 aromatic heterocycles. The van der Waals surface area contributed by atoms with E-state index < -0.39 is 16.8 Å². The second-order valence-corrected chi connectivity index (χ2v) is 5.59. The van der Waals surface area contributed by atoms with E-state index in [0.717, 1.165) is 6.07 Å². The van der Waals surface area contributed by atoms with E-state index in [-0.39, 0.29) is 35.2 Å². The number of rotatable bonds is 5. The van der Waals surface area contributed by atoms with Crippen molar-refractivity contribution in [2.75, 3.05) is 0 Å². The lowest BCUT2D eigenvalue weighted by Gasteiger charge is -2.16. The SMILES string of the molecule is CC1=NC(=O)C(CCC(=O)Oc2ccc([N+](=O)[O-])c(Cl)c2)C(C)=N1. The Balaban J connectivity index is 1.95. The lowest BCUT2D eigenvalue weighted by molar-refractivity contribution is -0.384. The summed E-state index contributed by atoms with van der Waals surface area (Å²) in [7, 11) is 0. The van der Waals surface area contributed by atoms with E-state index in [9.17, 15) is 19.7 Å². The average Bonchev–Trinajstić information content (AvgIpc) is 2.45. The minimum Gasteiger partial charge on any atom is -0.426 e. The molecule has 24 heavy (non-hydrogen) atoms. The summed E-state index contributed by atoms with van der Waals surface area (Å²) in [5.41, 5.74) is 0.336. The Labute approximate surface area is 142 Å². The molecule has 0 N–H and O–H groups in total. The first-order chi connectivity index (χ1) is 11.3. The lowest BCUT2D eigenvalue weighted by atomic mass is 9.96. The molecular weight excluding hydrogens is 338 g/mol. The van der Waals surface area contributed by atoms with Crippen molar-refractivity contribution in [2.24, 2.45) is 15.9 Å². The van der Waals surface area contributed by atoms with Crippen LogP contribution in [-0.4, -0.2) is 28.3 Å². The van der Waals surface area contributed by atoms with Gasteiger partial charge >= 0.3 is 5.97 Å². The molecule has 0 bridgehead atoms. The van der Waals surface area contributed by atoms with Crippen LogP contribution >= 0.6 is 11.6 Å². The van der Waals surface area contributed by atoms with Crippen molar-refractivity contribution < 1.29 is 19.2 Å². The Kier molecular flexibility index (Phi) is 5.40. The highest BCUT2D eigenvalue weighted by molar-refractivity contribution is 6.32. The van der Waals surface area contributed by atoms with Gasteiger partial charge in [0.1, 0.15) is 16.6 Å². The molecule has 0 spiro atoms. The number of amidine groups is 1. The van der Waals surface area contributed by atoms with Crippen molar-refractivity contribution in [1.29, 1.82) is 0 Å². The summed E-state index contributed by atoms with van der Waals surface area (Å²) >= 11 is 5.75. The van der Waals surface area contributed by atoms with Gasteiger partial charge in [0.15, 0.2) is 0 Å². The van der Waals surface area contributed by atoms with E-state index in [1.54, 1.807) is 13.8 Å². The summed E-state index contributed by atoms with van der Waals surface area (Å²) in [6, 6.07) is 3.64. The van der Waals surface area contributed by atoms with Gasteiger partial charge in [-0.3, -0.25) is 19.7 Å². The highest BCUT2D eigenvalue weighted by atomic mass is 35.5. The summed E-state index contributed by atoms with van der Waals surface area (Å²) in [4.78, 5) is 41.7. The van der Waals surface area contributed by atoms with Gasteiger partial charge in [-0.2, -0.15) is 4.99 Å². The molecule has 1 heterocycles. The normalized spacial score (nSPS) is 17.1. The summed E-state index contributed by atoms with van der Waals surface area (Å²) in [5, 5.41) is 10.6. The molecule has 0 saturated carbocycles. The van der Waals surface area contributed by atoms with Crippen LogP contribution in [0.2, 0.25) is 5.02 Å². The topological polar surface area (TPSA) is 111 Å². The van der Waals surface area contributed by atoms with E-state index in [2.05, 4.69) is 9.98 Å². The molecule has 0 fully saturated rings. The number of carbonyl (C=O) groups excluding carboxylic acids is 2. The molecule has 0 saturated heterocycles. The molecule has 1 aromatic carbocycles. The van der Waals surface area contributed by atoms with Crippen molar-refractivity contribution in [3.8, 4) is 5.75 Å². The first-order valence-corrected chi connectivity index (χ1v) is 7.44. The van der Waals surface area contributed by atoms with Gasteiger partial charge in [-0.15, -0.1) is 0 Å². The van der Waals surface area contributed by atoms with E-state index in [1.165, 1.54) is 12.1 Å². The van der Waals surface area contributed by atoms with Gasteiger partial charge in [-0.05, 0) is 26.3 Å². The van der Waals surface area contributed by atoms with Gasteiger partial charge in [-0.25, -0.2) is 4.99 Å². The van der Waals surface area contributed by atoms with Gasteiger partial charge in [-0.1, -0.05) is 11.6 Å². The Morgan fingerprint density at radius 1 is 1.38 bits per heavy atom. The number of hydrogen-bond donors (Lipinski definition) is 0. The fourth-order valence-corrected chi connectivity index (χ4v) is 2.49. The maximum absolute atomic E-state index is 11.9. The Hall–Kier alpha value is -2.61. The monoisotopic (exact) mass is 351 g/mol. The van der Waals surface area contributed by atoms with Crippen molar-refractivity contribution in [3.05, 3.63) is 33.3 Å². The minimum atomic E-state index is -0.632. The third-order valence-electron chi connectivity index (χ3n) is 3.40. The number of nitrogens with zero attached hydrogens (tertiary/aromatic N) is 3. The van der Waals surface area contributed by atoms with Gasteiger partial charge in [0.2, 0.25) is 0 Å².